The Bertz CT molecular complexity index is 101. The number of rotatable bonds is 1. The largest absolute Gasteiger partial charge is 0.295 e. The Kier molecular flexibility index (Phi) is 2.76. The molecule has 0 N–H and O–H groups in total. The van der Waals surface area contributed by atoms with Gasteiger partial charge in [0.15, 0.2) is 5.78 Å². The van der Waals surface area contributed by atoms with Crippen molar-refractivity contribution in [2.24, 2.45) is 0 Å². The fourth-order valence-corrected chi connectivity index (χ4v) is 0.476. The molecule has 0 spiro atoms. The zero-order chi connectivity index (χ0) is 5.86. The van der Waals surface area contributed by atoms with Crippen molar-refractivity contribution < 1.29 is 4.79 Å². The third kappa shape index (κ3) is 5.76. The molecule has 0 saturated heterocycles. The number of allylic oxidation sites excluding steroid dienone is 2. The minimum absolute atomic E-state index is 0.0486. The van der Waals surface area contributed by atoms with E-state index in [9.17, 15) is 4.79 Å². The molecule has 0 radical (unpaired) electrons. The summed E-state index contributed by atoms with van der Waals surface area (Å²) in [5.74, 6) is 0.0486. The summed E-state index contributed by atoms with van der Waals surface area (Å²) in [4.78, 5) is 10.9. The zero-order valence-electron chi connectivity index (χ0n) is 4.43. The molecule has 0 aliphatic heterocycles. The molecule has 0 aliphatic rings. The van der Waals surface area contributed by atoms with Gasteiger partial charge in [-0.3, -0.25) is 4.79 Å². The summed E-state index contributed by atoms with van der Waals surface area (Å²) < 4.78 is 0. The summed E-state index contributed by atoms with van der Waals surface area (Å²) >= 11 is 3.88. The molecule has 0 unspecified atom stereocenters. The van der Waals surface area contributed by atoms with E-state index in [2.05, 4.69) is 12.6 Å². The summed E-state index contributed by atoms with van der Waals surface area (Å²) in [5.41, 5.74) is 0. The number of ketones is 1. The van der Waals surface area contributed by atoms with E-state index in [1.54, 1.807) is 6.92 Å². The second-order valence-electron chi connectivity index (χ2n) is 1.40. The lowest BCUT2D eigenvalue weighted by Gasteiger charge is -1.79. The predicted molar refractivity (Wildman–Crippen MR) is 33.4 cm³/mol. The van der Waals surface area contributed by atoms with Crippen molar-refractivity contribution in [2.45, 2.75) is 13.8 Å². The molecule has 7 heavy (non-hydrogen) atoms. The van der Waals surface area contributed by atoms with Crippen molar-refractivity contribution in [1.29, 1.82) is 0 Å². The molecule has 0 heterocycles. The second-order valence-corrected chi connectivity index (χ2v) is 2.10. The molecular formula is C5H8OS. The first-order valence-electron chi connectivity index (χ1n) is 2.01. The first-order valence-corrected chi connectivity index (χ1v) is 2.45. The Balaban J connectivity index is 3.68. The Morgan fingerprint density at radius 2 is 2.00 bits per heavy atom. The van der Waals surface area contributed by atoms with Crippen molar-refractivity contribution in [2.75, 3.05) is 0 Å². The Morgan fingerprint density at radius 1 is 1.57 bits per heavy atom. The Hall–Kier alpha value is -0.240. The van der Waals surface area contributed by atoms with Crippen molar-refractivity contribution in [3.8, 4) is 0 Å². The Labute approximate surface area is 48.8 Å². The van der Waals surface area contributed by atoms with Gasteiger partial charge in [-0.2, -0.15) is 0 Å². The third-order valence-corrected chi connectivity index (χ3v) is 0.541. The van der Waals surface area contributed by atoms with Crippen LogP contribution in [0.4, 0.5) is 0 Å². The van der Waals surface area contributed by atoms with Crippen LogP contribution in [-0.2, 0) is 4.79 Å². The van der Waals surface area contributed by atoms with Crippen LogP contribution in [0.5, 0.6) is 0 Å². The molecule has 0 aliphatic carbocycles. The van der Waals surface area contributed by atoms with Crippen LogP contribution in [-0.4, -0.2) is 5.78 Å². The summed E-state index contributed by atoms with van der Waals surface area (Å²) in [6, 6.07) is 0. The van der Waals surface area contributed by atoms with E-state index in [1.165, 1.54) is 13.0 Å². The van der Waals surface area contributed by atoms with Gasteiger partial charge in [0.05, 0.1) is 0 Å². The lowest BCUT2D eigenvalue weighted by Crippen LogP contribution is -1.79. The molecule has 0 fully saturated rings. The zero-order valence-corrected chi connectivity index (χ0v) is 5.33. The molecule has 2 heteroatoms. The molecule has 1 nitrogen and oxygen atoms in total. The van der Waals surface area contributed by atoms with E-state index in [-0.39, 0.29) is 5.78 Å². The molecule has 0 amide bonds. The summed E-state index contributed by atoms with van der Waals surface area (Å²) in [6.45, 7) is 3.27. The van der Waals surface area contributed by atoms with E-state index >= 15 is 0 Å². The van der Waals surface area contributed by atoms with Crippen molar-refractivity contribution in [1.82, 2.24) is 0 Å². The first kappa shape index (κ1) is 6.76. The lowest BCUT2D eigenvalue weighted by atomic mass is 10.4. The average Bonchev–Trinajstić information content (AvgIpc) is 1.27. The van der Waals surface area contributed by atoms with Crippen LogP contribution >= 0.6 is 12.6 Å². The highest BCUT2D eigenvalue weighted by molar-refractivity contribution is 7.84. The van der Waals surface area contributed by atoms with Crippen molar-refractivity contribution in [3.05, 3.63) is 11.0 Å². The van der Waals surface area contributed by atoms with Crippen LogP contribution < -0.4 is 0 Å². The van der Waals surface area contributed by atoms with Gasteiger partial charge >= 0.3 is 0 Å². The quantitative estimate of drug-likeness (QED) is 0.405. The highest BCUT2D eigenvalue weighted by Gasteiger charge is 1.81. The maximum atomic E-state index is 10.1. The van der Waals surface area contributed by atoms with E-state index in [4.69, 9.17) is 0 Å². The molecule has 0 aromatic heterocycles. The summed E-state index contributed by atoms with van der Waals surface area (Å²) in [7, 11) is 0. The fraction of sp³-hybridized carbons (Fsp3) is 0.400. The third-order valence-electron chi connectivity index (χ3n) is 0.412. The van der Waals surface area contributed by atoms with E-state index in [1.807, 2.05) is 0 Å². The molecule has 0 saturated carbocycles. The maximum Gasteiger partial charge on any atom is 0.153 e. The van der Waals surface area contributed by atoms with Gasteiger partial charge in [0.2, 0.25) is 0 Å². The van der Waals surface area contributed by atoms with Crippen LogP contribution in [0, 0.1) is 0 Å². The Morgan fingerprint density at radius 3 is 2.00 bits per heavy atom. The van der Waals surface area contributed by atoms with Crippen molar-refractivity contribution in [3.63, 3.8) is 0 Å². The molecule has 40 valence electrons. The first-order chi connectivity index (χ1) is 3.13. The number of thiol groups is 1. The van der Waals surface area contributed by atoms with Crippen molar-refractivity contribution >= 4 is 18.4 Å². The molecule has 0 aromatic carbocycles. The SMILES string of the molecule is CC(=O)/C=C(\C)S. The van der Waals surface area contributed by atoms with Gasteiger partial charge in [-0.25, -0.2) is 0 Å². The number of carbonyl (C=O) groups is 1. The van der Waals surface area contributed by atoms with Crippen LogP contribution in [0.2, 0.25) is 0 Å². The van der Waals surface area contributed by atoms with Gasteiger partial charge < -0.3 is 0 Å². The monoisotopic (exact) mass is 116 g/mol. The van der Waals surface area contributed by atoms with Crippen LogP contribution in [0.3, 0.4) is 0 Å². The van der Waals surface area contributed by atoms with Gasteiger partial charge in [0.25, 0.3) is 0 Å². The topological polar surface area (TPSA) is 17.1 Å². The summed E-state index contributed by atoms with van der Waals surface area (Å²) in [6.07, 6.45) is 1.48. The van der Waals surface area contributed by atoms with Crippen LogP contribution in [0.1, 0.15) is 13.8 Å². The fourth-order valence-electron chi connectivity index (χ4n) is 0.294. The normalized spacial score (nSPS) is 11.6. The molecule has 0 rings (SSSR count). The molecule has 0 aromatic rings. The van der Waals surface area contributed by atoms with E-state index in [0.29, 0.717) is 0 Å². The minimum Gasteiger partial charge on any atom is -0.295 e. The van der Waals surface area contributed by atoms with Crippen LogP contribution in [0.25, 0.3) is 0 Å². The molecule has 0 atom stereocenters. The molecule has 0 bridgehead atoms. The average molecular weight is 116 g/mol. The number of carbonyl (C=O) groups excluding carboxylic acids is 1. The van der Waals surface area contributed by atoms with Crippen LogP contribution in [0.15, 0.2) is 11.0 Å². The maximum absolute atomic E-state index is 10.1. The minimum atomic E-state index is 0.0486. The lowest BCUT2D eigenvalue weighted by molar-refractivity contribution is -0.112. The molecular weight excluding hydrogens is 108 g/mol. The highest BCUT2D eigenvalue weighted by atomic mass is 32.1. The number of hydrogen-bond donors (Lipinski definition) is 1. The standard InChI is InChI=1S/C5H8OS/c1-4(6)3-5(2)7/h3,7H,1-2H3/b5-3+. The second kappa shape index (κ2) is 2.86. The predicted octanol–water partition coefficient (Wildman–Crippen LogP) is 1.41. The van der Waals surface area contributed by atoms with Gasteiger partial charge in [-0.1, -0.05) is 0 Å². The highest BCUT2D eigenvalue weighted by Crippen LogP contribution is 1.95. The van der Waals surface area contributed by atoms with E-state index in [0.717, 1.165) is 4.91 Å². The smallest absolute Gasteiger partial charge is 0.153 e. The summed E-state index contributed by atoms with van der Waals surface area (Å²) in [5, 5.41) is 0. The van der Waals surface area contributed by atoms with Gasteiger partial charge in [-0.05, 0) is 24.8 Å². The number of hydrogen-bond acceptors (Lipinski definition) is 2. The van der Waals surface area contributed by atoms with Gasteiger partial charge in [0.1, 0.15) is 0 Å². The van der Waals surface area contributed by atoms with Gasteiger partial charge in [0, 0.05) is 0 Å². The van der Waals surface area contributed by atoms with E-state index < -0.39 is 0 Å². The van der Waals surface area contributed by atoms with Gasteiger partial charge in [-0.15, -0.1) is 12.6 Å².